The molecule has 4 nitrogen and oxygen atoms in total. The minimum absolute atomic E-state index is 0.354. The Morgan fingerprint density at radius 2 is 1.95 bits per heavy atom. The molecular formula is C13H14F3NO3. The lowest BCUT2D eigenvalue weighted by atomic mass is 10.0. The van der Waals surface area contributed by atoms with Crippen LogP contribution in [0.3, 0.4) is 0 Å². The van der Waals surface area contributed by atoms with Crippen LogP contribution in [0.2, 0.25) is 0 Å². The van der Waals surface area contributed by atoms with Gasteiger partial charge in [0.1, 0.15) is 0 Å². The summed E-state index contributed by atoms with van der Waals surface area (Å²) in [5.41, 5.74) is -1.37. The van der Waals surface area contributed by atoms with Gasteiger partial charge in [-0.3, -0.25) is 4.90 Å². The number of ether oxygens (including phenoxy) is 1. The largest absolute Gasteiger partial charge is 0.478 e. The smallest absolute Gasteiger partial charge is 0.417 e. The third-order valence-electron chi connectivity index (χ3n) is 3.13. The molecule has 0 amide bonds. The third-order valence-corrected chi connectivity index (χ3v) is 3.13. The molecule has 0 bridgehead atoms. The third kappa shape index (κ3) is 3.49. The fourth-order valence-electron chi connectivity index (χ4n) is 2.13. The lowest BCUT2D eigenvalue weighted by molar-refractivity contribution is -0.138. The Labute approximate surface area is 113 Å². The summed E-state index contributed by atoms with van der Waals surface area (Å²) in [6.45, 7) is 2.77. The summed E-state index contributed by atoms with van der Waals surface area (Å²) in [4.78, 5) is 12.8. The second-order valence-corrected chi connectivity index (χ2v) is 4.57. The van der Waals surface area contributed by atoms with E-state index in [9.17, 15) is 18.0 Å². The van der Waals surface area contributed by atoms with Gasteiger partial charge in [0.05, 0.1) is 24.3 Å². The average Bonchev–Trinajstić information content (AvgIpc) is 2.38. The SMILES string of the molecule is O=C(O)c1ccc(CN2CCOCC2)cc1C(F)(F)F. The van der Waals surface area contributed by atoms with Crippen LogP contribution in [0, 0.1) is 0 Å². The van der Waals surface area contributed by atoms with Crippen molar-refractivity contribution < 1.29 is 27.8 Å². The van der Waals surface area contributed by atoms with Crippen molar-refractivity contribution in [3.05, 3.63) is 34.9 Å². The van der Waals surface area contributed by atoms with E-state index in [0.717, 1.165) is 12.1 Å². The Kier molecular flexibility index (Phi) is 4.29. The summed E-state index contributed by atoms with van der Waals surface area (Å²) in [6.07, 6.45) is -4.67. The standard InChI is InChI=1S/C13H14F3NO3/c14-13(15,16)11-7-9(1-2-10(11)12(18)19)8-17-3-5-20-6-4-17/h1-2,7H,3-6,8H2,(H,18,19). The van der Waals surface area contributed by atoms with Gasteiger partial charge in [-0.15, -0.1) is 0 Å². The number of alkyl halides is 3. The van der Waals surface area contributed by atoms with Crippen molar-refractivity contribution in [2.24, 2.45) is 0 Å². The van der Waals surface area contributed by atoms with Crippen LogP contribution in [0.15, 0.2) is 18.2 Å². The molecule has 0 saturated carbocycles. The van der Waals surface area contributed by atoms with Crippen LogP contribution >= 0.6 is 0 Å². The molecule has 0 radical (unpaired) electrons. The Morgan fingerprint density at radius 1 is 1.30 bits per heavy atom. The molecule has 0 unspecified atom stereocenters. The predicted molar refractivity (Wildman–Crippen MR) is 64.5 cm³/mol. The van der Waals surface area contributed by atoms with Gasteiger partial charge in [0.2, 0.25) is 0 Å². The summed E-state index contributed by atoms with van der Waals surface area (Å²) in [5.74, 6) is -1.57. The molecule has 0 spiro atoms. The van der Waals surface area contributed by atoms with E-state index in [2.05, 4.69) is 0 Å². The van der Waals surface area contributed by atoms with E-state index in [1.54, 1.807) is 0 Å². The zero-order chi connectivity index (χ0) is 14.8. The van der Waals surface area contributed by atoms with Crippen LogP contribution < -0.4 is 0 Å². The zero-order valence-electron chi connectivity index (χ0n) is 10.6. The maximum Gasteiger partial charge on any atom is 0.417 e. The van der Waals surface area contributed by atoms with Crippen LogP contribution in [0.5, 0.6) is 0 Å². The molecule has 1 heterocycles. The molecule has 2 rings (SSSR count). The van der Waals surface area contributed by atoms with E-state index in [1.807, 2.05) is 4.90 Å². The van der Waals surface area contributed by atoms with Gasteiger partial charge in [0.25, 0.3) is 0 Å². The Bertz CT molecular complexity index is 496. The number of benzene rings is 1. The number of morpholine rings is 1. The molecule has 1 aliphatic rings. The number of halogens is 3. The van der Waals surface area contributed by atoms with E-state index in [1.165, 1.54) is 6.07 Å². The Hall–Kier alpha value is -1.60. The van der Waals surface area contributed by atoms with Crippen LogP contribution in [0.4, 0.5) is 13.2 Å². The summed E-state index contributed by atoms with van der Waals surface area (Å²) in [5, 5.41) is 8.81. The molecule has 0 aliphatic carbocycles. The van der Waals surface area contributed by atoms with Gasteiger partial charge in [-0.25, -0.2) is 4.79 Å². The van der Waals surface area contributed by atoms with Crippen LogP contribution in [-0.4, -0.2) is 42.3 Å². The van der Waals surface area contributed by atoms with Gasteiger partial charge in [-0.2, -0.15) is 13.2 Å². The van der Waals surface area contributed by atoms with Gasteiger partial charge < -0.3 is 9.84 Å². The first-order valence-corrected chi connectivity index (χ1v) is 6.11. The van der Waals surface area contributed by atoms with Crippen molar-refractivity contribution in [1.82, 2.24) is 4.90 Å². The first-order chi connectivity index (χ1) is 9.38. The van der Waals surface area contributed by atoms with E-state index in [0.29, 0.717) is 38.4 Å². The number of hydrogen-bond donors (Lipinski definition) is 1. The van der Waals surface area contributed by atoms with Crippen molar-refractivity contribution in [2.75, 3.05) is 26.3 Å². The molecule has 20 heavy (non-hydrogen) atoms. The maximum absolute atomic E-state index is 12.9. The highest BCUT2D eigenvalue weighted by molar-refractivity contribution is 5.89. The number of rotatable bonds is 3. The normalized spacial score (nSPS) is 17.1. The monoisotopic (exact) mass is 289 g/mol. The number of carbonyl (C=O) groups is 1. The Balaban J connectivity index is 2.25. The van der Waals surface area contributed by atoms with Crippen molar-refractivity contribution in [3.8, 4) is 0 Å². The first-order valence-electron chi connectivity index (χ1n) is 6.11. The molecule has 1 saturated heterocycles. The molecule has 1 N–H and O–H groups in total. The van der Waals surface area contributed by atoms with Crippen molar-refractivity contribution in [1.29, 1.82) is 0 Å². The highest BCUT2D eigenvalue weighted by Gasteiger charge is 2.35. The van der Waals surface area contributed by atoms with Crippen molar-refractivity contribution >= 4 is 5.97 Å². The fraction of sp³-hybridized carbons (Fsp3) is 0.462. The quantitative estimate of drug-likeness (QED) is 0.927. The second-order valence-electron chi connectivity index (χ2n) is 4.57. The molecular weight excluding hydrogens is 275 g/mol. The lowest BCUT2D eigenvalue weighted by Gasteiger charge is -2.26. The summed E-state index contributed by atoms with van der Waals surface area (Å²) >= 11 is 0. The van der Waals surface area contributed by atoms with E-state index < -0.39 is 23.3 Å². The minimum atomic E-state index is -4.67. The average molecular weight is 289 g/mol. The summed E-state index contributed by atoms with van der Waals surface area (Å²) < 4.78 is 43.8. The molecule has 1 fully saturated rings. The van der Waals surface area contributed by atoms with Crippen molar-refractivity contribution in [2.45, 2.75) is 12.7 Å². The second kappa shape index (κ2) is 5.80. The van der Waals surface area contributed by atoms with E-state index >= 15 is 0 Å². The summed E-state index contributed by atoms with van der Waals surface area (Å²) in [6, 6.07) is 3.36. The first kappa shape index (κ1) is 14.8. The lowest BCUT2D eigenvalue weighted by Crippen LogP contribution is -2.35. The van der Waals surface area contributed by atoms with Gasteiger partial charge >= 0.3 is 12.1 Å². The minimum Gasteiger partial charge on any atom is -0.478 e. The topological polar surface area (TPSA) is 49.8 Å². The van der Waals surface area contributed by atoms with Gasteiger partial charge in [0, 0.05) is 19.6 Å². The van der Waals surface area contributed by atoms with E-state index in [4.69, 9.17) is 9.84 Å². The van der Waals surface area contributed by atoms with Crippen LogP contribution in [-0.2, 0) is 17.5 Å². The number of carboxylic acids is 1. The van der Waals surface area contributed by atoms with Crippen molar-refractivity contribution in [3.63, 3.8) is 0 Å². The van der Waals surface area contributed by atoms with Gasteiger partial charge in [-0.1, -0.05) is 6.07 Å². The molecule has 0 atom stereocenters. The van der Waals surface area contributed by atoms with Gasteiger partial charge in [0.15, 0.2) is 0 Å². The predicted octanol–water partition coefficient (Wildman–Crippen LogP) is 2.24. The fourth-order valence-corrected chi connectivity index (χ4v) is 2.13. The zero-order valence-corrected chi connectivity index (χ0v) is 10.6. The molecule has 1 aromatic carbocycles. The number of aromatic carboxylic acids is 1. The number of hydrogen-bond acceptors (Lipinski definition) is 3. The van der Waals surface area contributed by atoms with E-state index in [-0.39, 0.29) is 0 Å². The molecule has 7 heteroatoms. The highest BCUT2D eigenvalue weighted by atomic mass is 19.4. The van der Waals surface area contributed by atoms with Crippen LogP contribution in [0.25, 0.3) is 0 Å². The molecule has 110 valence electrons. The number of nitrogens with zero attached hydrogens (tertiary/aromatic N) is 1. The van der Waals surface area contributed by atoms with Gasteiger partial charge in [-0.05, 0) is 17.7 Å². The Morgan fingerprint density at radius 3 is 2.50 bits per heavy atom. The summed E-state index contributed by atoms with van der Waals surface area (Å²) in [7, 11) is 0. The molecule has 0 aromatic heterocycles. The van der Waals surface area contributed by atoms with Crippen LogP contribution in [0.1, 0.15) is 21.5 Å². The number of carboxylic acid groups (broad SMARTS) is 1. The molecule has 1 aromatic rings. The molecule has 1 aliphatic heterocycles. The highest BCUT2D eigenvalue weighted by Crippen LogP contribution is 2.33. The maximum atomic E-state index is 12.9.